The topological polar surface area (TPSA) is 72.5 Å². The molecular formula is C9H8FNO4S. The molecule has 1 N–H and O–H groups in total. The van der Waals surface area contributed by atoms with E-state index in [9.17, 15) is 17.6 Å². The fourth-order valence-corrected chi connectivity index (χ4v) is 2.75. The number of carbonyl (C=O) groups excluding carboxylic acids is 1. The van der Waals surface area contributed by atoms with Gasteiger partial charge in [-0.25, -0.2) is 22.3 Å². The highest BCUT2D eigenvalue weighted by atomic mass is 32.2. The highest BCUT2D eigenvalue weighted by Crippen LogP contribution is 2.25. The number of fused-ring (bicyclic) bond motifs is 1. The first-order chi connectivity index (χ1) is 7.45. The van der Waals surface area contributed by atoms with Gasteiger partial charge in [0.05, 0.1) is 17.6 Å². The molecule has 0 bridgehead atoms. The molecule has 0 spiro atoms. The summed E-state index contributed by atoms with van der Waals surface area (Å²) in [7, 11) is -2.51. The van der Waals surface area contributed by atoms with Crippen LogP contribution in [0.15, 0.2) is 17.0 Å². The summed E-state index contributed by atoms with van der Waals surface area (Å²) in [5.74, 6) is -1.69. The van der Waals surface area contributed by atoms with Gasteiger partial charge in [0, 0.05) is 6.54 Å². The van der Waals surface area contributed by atoms with E-state index in [0.717, 1.165) is 19.2 Å². The summed E-state index contributed by atoms with van der Waals surface area (Å²) < 4.78 is 42.9. The summed E-state index contributed by atoms with van der Waals surface area (Å²) in [6, 6.07) is 2.02. The van der Waals surface area contributed by atoms with Crippen LogP contribution in [-0.4, -0.2) is 21.5 Å². The molecule has 0 fully saturated rings. The number of sulfonamides is 1. The van der Waals surface area contributed by atoms with E-state index in [1.165, 1.54) is 0 Å². The number of benzene rings is 1. The van der Waals surface area contributed by atoms with Crippen LogP contribution in [0.4, 0.5) is 4.39 Å². The second-order valence-electron chi connectivity index (χ2n) is 3.26. The van der Waals surface area contributed by atoms with Gasteiger partial charge >= 0.3 is 5.97 Å². The Labute approximate surface area is 91.3 Å². The molecule has 1 aliphatic rings. The van der Waals surface area contributed by atoms with Gasteiger partial charge in [-0.15, -0.1) is 0 Å². The molecule has 86 valence electrons. The van der Waals surface area contributed by atoms with Crippen LogP contribution in [0.25, 0.3) is 0 Å². The third kappa shape index (κ3) is 1.57. The molecule has 0 atom stereocenters. The summed E-state index contributed by atoms with van der Waals surface area (Å²) in [6.07, 6.45) is 0. The molecule has 0 radical (unpaired) electrons. The van der Waals surface area contributed by atoms with Crippen molar-refractivity contribution >= 4 is 16.0 Å². The molecule has 0 aliphatic carbocycles. The van der Waals surface area contributed by atoms with Crippen molar-refractivity contribution in [2.45, 2.75) is 11.4 Å². The lowest BCUT2D eigenvalue weighted by molar-refractivity contribution is 0.0595. The fourth-order valence-electron chi connectivity index (χ4n) is 1.50. The zero-order valence-corrected chi connectivity index (χ0v) is 9.10. The van der Waals surface area contributed by atoms with Crippen LogP contribution in [0, 0.1) is 5.82 Å². The summed E-state index contributed by atoms with van der Waals surface area (Å²) in [5.41, 5.74) is -0.0707. The van der Waals surface area contributed by atoms with Gasteiger partial charge in [0.2, 0.25) is 10.0 Å². The minimum Gasteiger partial charge on any atom is -0.465 e. The van der Waals surface area contributed by atoms with Crippen LogP contribution in [0.5, 0.6) is 0 Å². The van der Waals surface area contributed by atoms with Crippen molar-refractivity contribution in [1.82, 2.24) is 4.72 Å². The molecule has 16 heavy (non-hydrogen) atoms. The van der Waals surface area contributed by atoms with Crippen LogP contribution in [0.1, 0.15) is 15.9 Å². The van der Waals surface area contributed by atoms with Crippen molar-refractivity contribution in [2.75, 3.05) is 7.11 Å². The van der Waals surface area contributed by atoms with E-state index >= 15 is 0 Å². The highest BCUT2D eigenvalue weighted by Gasteiger charge is 2.28. The fraction of sp³-hybridized carbons (Fsp3) is 0.222. The van der Waals surface area contributed by atoms with E-state index in [1.54, 1.807) is 0 Å². The number of ether oxygens (including phenoxy) is 1. The zero-order valence-electron chi connectivity index (χ0n) is 8.28. The first kappa shape index (κ1) is 11.0. The Kier molecular flexibility index (Phi) is 2.43. The predicted octanol–water partition coefficient (Wildman–Crippen LogP) is 0.404. The monoisotopic (exact) mass is 245 g/mol. The second-order valence-corrected chi connectivity index (χ2v) is 4.99. The summed E-state index contributed by atoms with van der Waals surface area (Å²) in [5, 5.41) is 0. The van der Waals surface area contributed by atoms with Crippen molar-refractivity contribution in [2.24, 2.45) is 0 Å². The number of hydrogen-bond acceptors (Lipinski definition) is 4. The Morgan fingerprint density at radius 2 is 2.19 bits per heavy atom. The van der Waals surface area contributed by atoms with Crippen molar-refractivity contribution in [1.29, 1.82) is 0 Å². The van der Waals surface area contributed by atoms with Crippen molar-refractivity contribution in [3.8, 4) is 0 Å². The van der Waals surface area contributed by atoms with Gasteiger partial charge in [-0.1, -0.05) is 0 Å². The SMILES string of the molecule is COC(=O)c1cc2c(cc1F)CNS2(=O)=O. The molecule has 2 rings (SSSR count). The van der Waals surface area contributed by atoms with Gasteiger partial charge in [-0.3, -0.25) is 0 Å². The molecule has 1 heterocycles. The first-order valence-electron chi connectivity index (χ1n) is 4.36. The quantitative estimate of drug-likeness (QED) is 0.727. The van der Waals surface area contributed by atoms with Crippen LogP contribution < -0.4 is 4.72 Å². The van der Waals surface area contributed by atoms with Crippen molar-refractivity contribution in [3.05, 3.63) is 29.1 Å². The molecule has 1 aromatic carbocycles. The Morgan fingerprint density at radius 3 is 2.81 bits per heavy atom. The van der Waals surface area contributed by atoms with E-state index < -0.39 is 21.8 Å². The molecule has 0 unspecified atom stereocenters. The number of methoxy groups -OCH3 is 1. The van der Waals surface area contributed by atoms with Crippen molar-refractivity contribution < 1.29 is 22.3 Å². The number of halogens is 1. The molecule has 7 heteroatoms. The van der Waals surface area contributed by atoms with Crippen LogP contribution >= 0.6 is 0 Å². The maximum atomic E-state index is 13.4. The average molecular weight is 245 g/mol. The molecule has 5 nitrogen and oxygen atoms in total. The number of rotatable bonds is 1. The maximum absolute atomic E-state index is 13.4. The summed E-state index contributed by atoms with van der Waals surface area (Å²) >= 11 is 0. The lowest BCUT2D eigenvalue weighted by Crippen LogP contribution is -2.14. The molecule has 0 aromatic heterocycles. The van der Waals surface area contributed by atoms with E-state index in [0.29, 0.717) is 5.56 Å². The number of nitrogens with one attached hydrogen (secondary N) is 1. The van der Waals surface area contributed by atoms with Crippen LogP contribution in [-0.2, 0) is 21.3 Å². The maximum Gasteiger partial charge on any atom is 0.340 e. The minimum atomic E-state index is -3.61. The second kappa shape index (κ2) is 3.53. The summed E-state index contributed by atoms with van der Waals surface area (Å²) in [4.78, 5) is 11.1. The smallest absolute Gasteiger partial charge is 0.340 e. The Hall–Kier alpha value is -1.47. The van der Waals surface area contributed by atoms with E-state index in [-0.39, 0.29) is 17.0 Å². The van der Waals surface area contributed by atoms with Gasteiger partial charge in [-0.2, -0.15) is 0 Å². The Morgan fingerprint density at radius 1 is 1.50 bits per heavy atom. The first-order valence-corrected chi connectivity index (χ1v) is 5.84. The molecule has 0 saturated carbocycles. The Bertz CT molecular complexity index is 567. The molecule has 0 amide bonds. The van der Waals surface area contributed by atoms with Crippen molar-refractivity contribution in [3.63, 3.8) is 0 Å². The normalized spacial score (nSPS) is 16.9. The van der Waals surface area contributed by atoms with E-state index in [1.807, 2.05) is 0 Å². The molecule has 0 saturated heterocycles. The van der Waals surface area contributed by atoms with Gasteiger partial charge in [0.1, 0.15) is 5.82 Å². The number of carbonyl (C=O) groups is 1. The summed E-state index contributed by atoms with van der Waals surface area (Å²) in [6.45, 7) is 0.0377. The number of hydrogen-bond donors (Lipinski definition) is 1. The van der Waals surface area contributed by atoms with Crippen LogP contribution in [0.2, 0.25) is 0 Å². The highest BCUT2D eigenvalue weighted by molar-refractivity contribution is 7.89. The molecule has 1 aromatic rings. The minimum absolute atomic E-state index is 0.0377. The third-order valence-corrected chi connectivity index (χ3v) is 3.78. The van der Waals surface area contributed by atoms with E-state index in [2.05, 4.69) is 9.46 Å². The van der Waals surface area contributed by atoms with Gasteiger partial charge in [-0.05, 0) is 17.7 Å². The standard InChI is InChI=1S/C9H8FNO4S/c1-15-9(12)6-3-8-5(2-7(6)10)4-11-16(8,13)14/h2-3,11H,4H2,1H3. The number of esters is 1. The van der Waals surface area contributed by atoms with E-state index in [4.69, 9.17) is 0 Å². The zero-order chi connectivity index (χ0) is 11.9. The lowest BCUT2D eigenvalue weighted by Gasteiger charge is -2.03. The van der Waals surface area contributed by atoms with Gasteiger partial charge in [0.15, 0.2) is 0 Å². The van der Waals surface area contributed by atoms with Crippen LogP contribution in [0.3, 0.4) is 0 Å². The average Bonchev–Trinajstić information content (AvgIpc) is 2.52. The van der Waals surface area contributed by atoms with Gasteiger partial charge in [0.25, 0.3) is 0 Å². The lowest BCUT2D eigenvalue weighted by atomic mass is 10.1. The van der Waals surface area contributed by atoms with Gasteiger partial charge < -0.3 is 4.74 Å². The predicted molar refractivity (Wildman–Crippen MR) is 51.8 cm³/mol. The molecular weight excluding hydrogens is 237 g/mol. The molecule has 1 aliphatic heterocycles. The largest absolute Gasteiger partial charge is 0.465 e. The Balaban J connectivity index is 2.65. The third-order valence-electron chi connectivity index (χ3n) is 2.30.